The second-order valence-corrected chi connectivity index (χ2v) is 4.56. The molecule has 0 bridgehead atoms. The highest BCUT2D eigenvalue weighted by Crippen LogP contribution is 2.29. The van der Waals surface area contributed by atoms with E-state index in [4.69, 9.17) is 4.74 Å². The molecule has 0 aliphatic carbocycles. The topological polar surface area (TPSA) is 64.4 Å². The van der Waals surface area contributed by atoms with Crippen molar-refractivity contribution in [1.29, 1.82) is 0 Å². The molecule has 0 radical (unpaired) electrons. The molecule has 0 amide bonds. The Hall–Kier alpha value is -1.62. The maximum absolute atomic E-state index is 11.1. The summed E-state index contributed by atoms with van der Waals surface area (Å²) in [6, 6.07) is 5.14. The fourth-order valence-corrected chi connectivity index (χ4v) is 1.87. The van der Waals surface area contributed by atoms with E-state index in [2.05, 4.69) is 12.2 Å². The van der Waals surface area contributed by atoms with Gasteiger partial charge in [0, 0.05) is 12.6 Å². The average molecular weight is 266 g/mol. The molecule has 19 heavy (non-hydrogen) atoms. The number of nitro benzene ring substituents is 1. The number of nitrogens with one attached hydrogen (secondary N) is 1. The van der Waals surface area contributed by atoms with Crippen LogP contribution >= 0.6 is 0 Å². The van der Waals surface area contributed by atoms with Gasteiger partial charge < -0.3 is 10.1 Å². The molecule has 1 aromatic rings. The normalized spacial score (nSPS) is 12.2. The predicted octanol–water partition coefficient (Wildman–Crippen LogP) is 3.27. The molecule has 0 heterocycles. The Bertz CT molecular complexity index is 421. The third-order valence-corrected chi connectivity index (χ3v) is 2.82. The van der Waals surface area contributed by atoms with Crippen molar-refractivity contribution in [3.63, 3.8) is 0 Å². The van der Waals surface area contributed by atoms with Crippen molar-refractivity contribution in [3.05, 3.63) is 33.9 Å². The molecule has 1 atom stereocenters. The van der Waals surface area contributed by atoms with Crippen LogP contribution in [0.25, 0.3) is 0 Å². The third kappa shape index (κ3) is 4.87. The minimum Gasteiger partial charge on any atom is -0.484 e. The van der Waals surface area contributed by atoms with Crippen LogP contribution in [0.5, 0.6) is 5.75 Å². The van der Waals surface area contributed by atoms with E-state index in [0.29, 0.717) is 12.3 Å². The second-order valence-electron chi connectivity index (χ2n) is 4.56. The summed E-state index contributed by atoms with van der Waals surface area (Å²) in [6.07, 6.45) is 1.87. The molecule has 1 N–H and O–H groups in total. The Morgan fingerprint density at radius 2 is 2.16 bits per heavy atom. The van der Waals surface area contributed by atoms with E-state index in [1.807, 2.05) is 19.9 Å². The number of ether oxygens (including phenoxy) is 1. The highest BCUT2D eigenvalue weighted by molar-refractivity contribution is 5.48. The fourth-order valence-electron chi connectivity index (χ4n) is 1.87. The molecular weight excluding hydrogens is 244 g/mol. The fraction of sp³-hybridized carbons (Fsp3) is 0.571. The first-order chi connectivity index (χ1) is 9.08. The lowest BCUT2D eigenvalue weighted by Gasteiger charge is -2.14. The van der Waals surface area contributed by atoms with Crippen molar-refractivity contribution < 1.29 is 9.66 Å². The van der Waals surface area contributed by atoms with E-state index in [-0.39, 0.29) is 16.7 Å². The van der Waals surface area contributed by atoms with Crippen LogP contribution in [0.2, 0.25) is 0 Å². The Labute approximate surface area is 114 Å². The predicted molar refractivity (Wildman–Crippen MR) is 75.5 cm³/mol. The van der Waals surface area contributed by atoms with Gasteiger partial charge in [-0.1, -0.05) is 26.3 Å². The van der Waals surface area contributed by atoms with Crippen LogP contribution in [0.1, 0.15) is 39.2 Å². The summed E-state index contributed by atoms with van der Waals surface area (Å²) < 4.78 is 5.64. The summed E-state index contributed by atoms with van der Waals surface area (Å²) in [5, 5.41) is 14.2. The van der Waals surface area contributed by atoms with Crippen molar-refractivity contribution in [1.82, 2.24) is 5.32 Å². The van der Waals surface area contributed by atoms with Gasteiger partial charge in [-0.25, -0.2) is 0 Å². The van der Waals surface area contributed by atoms with Gasteiger partial charge in [0.15, 0.2) is 5.75 Å². The summed E-state index contributed by atoms with van der Waals surface area (Å²) in [5.74, 6) is 0.353. The SMILES string of the molecule is CCCC(C)Oc1ccc(CNCC)cc1[N+](=O)[O-]. The summed E-state index contributed by atoms with van der Waals surface area (Å²) in [5.41, 5.74) is 0.933. The minimum atomic E-state index is -0.385. The molecule has 0 spiro atoms. The number of benzene rings is 1. The largest absolute Gasteiger partial charge is 0.484 e. The molecule has 0 aliphatic rings. The van der Waals surface area contributed by atoms with Crippen molar-refractivity contribution in [2.45, 2.75) is 46.3 Å². The molecule has 106 valence electrons. The molecule has 5 nitrogen and oxygen atoms in total. The van der Waals surface area contributed by atoms with Crippen LogP contribution in [-0.4, -0.2) is 17.6 Å². The van der Waals surface area contributed by atoms with Crippen LogP contribution in [-0.2, 0) is 6.54 Å². The maximum atomic E-state index is 11.1. The summed E-state index contributed by atoms with van der Waals surface area (Å²) >= 11 is 0. The van der Waals surface area contributed by atoms with Gasteiger partial charge in [-0.05, 0) is 31.5 Å². The van der Waals surface area contributed by atoms with Gasteiger partial charge in [0.05, 0.1) is 11.0 Å². The maximum Gasteiger partial charge on any atom is 0.311 e. The highest BCUT2D eigenvalue weighted by Gasteiger charge is 2.17. The lowest BCUT2D eigenvalue weighted by atomic mass is 10.1. The monoisotopic (exact) mass is 266 g/mol. The Kier molecular flexibility index (Phi) is 6.29. The molecule has 1 rings (SSSR count). The first kappa shape index (κ1) is 15.4. The van der Waals surface area contributed by atoms with E-state index in [1.54, 1.807) is 12.1 Å². The van der Waals surface area contributed by atoms with Gasteiger partial charge in [0.1, 0.15) is 0 Å². The molecule has 1 aromatic carbocycles. The van der Waals surface area contributed by atoms with Crippen molar-refractivity contribution in [3.8, 4) is 5.75 Å². The number of rotatable bonds is 8. The molecular formula is C14H22N2O3. The van der Waals surface area contributed by atoms with Crippen LogP contribution < -0.4 is 10.1 Å². The van der Waals surface area contributed by atoms with Crippen LogP contribution in [0, 0.1) is 10.1 Å². The lowest BCUT2D eigenvalue weighted by Crippen LogP contribution is -2.14. The van der Waals surface area contributed by atoms with Crippen molar-refractivity contribution >= 4 is 5.69 Å². The second kappa shape index (κ2) is 7.74. The zero-order valence-electron chi connectivity index (χ0n) is 11.8. The standard InChI is InChI=1S/C14H22N2O3/c1-4-6-11(3)19-14-8-7-12(10-15-5-2)9-13(14)16(17)18/h7-9,11,15H,4-6,10H2,1-3H3. The average Bonchev–Trinajstić information content (AvgIpc) is 2.37. The van der Waals surface area contributed by atoms with Crippen LogP contribution in [0.15, 0.2) is 18.2 Å². The first-order valence-corrected chi connectivity index (χ1v) is 6.73. The third-order valence-electron chi connectivity index (χ3n) is 2.82. The number of nitro groups is 1. The molecule has 0 aliphatic heterocycles. The molecule has 0 aromatic heterocycles. The molecule has 0 saturated heterocycles. The number of hydrogen-bond acceptors (Lipinski definition) is 4. The van der Waals surface area contributed by atoms with E-state index in [1.165, 1.54) is 0 Å². The smallest absolute Gasteiger partial charge is 0.311 e. The van der Waals surface area contributed by atoms with Gasteiger partial charge in [-0.15, -0.1) is 0 Å². The van der Waals surface area contributed by atoms with E-state index >= 15 is 0 Å². The summed E-state index contributed by atoms with van der Waals surface area (Å²) in [6.45, 7) is 7.45. The van der Waals surface area contributed by atoms with Crippen molar-refractivity contribution in [2.24, 2.45) is 0 Å². The first-order valence-electron chi connectivity index (χ1n) is 6.73. The Morgan fingerprint density at radius 1 is 1.42 bits per heavy atom. The number of nitrogens with zero attached hydrogens (tertiary/aromatic N) is 1. The summed E-state index contributed by atoms with van der Waals surface area (Å²) in [4.78, 5) is 10.7. The van der Waals surface area contributed by atoms with Crippen LogP contribution in [0.4, 0.5) is 5.69 Å². The Morgan fingerprint density at radius 3 is 2.74 bits per heavy atom. The summed E-state index contributed by atoms with van der Waals surface area (Å²) in [7, 11) is 0. The molecule has 1 unspecified atom stereocenters. The Balaban J connectivity index is 2.88. The van der Waals surface area contributed by atoms with E-state index in [0.717, 1.165) is 24.9 Å². The zero-order chi connectivity index (χ0) is 14.3. The minimum absolute atomic E-state index is 0.0108. The van der Waals surface area contributed by atoms with Gasteiger partial charge in [0.25, 0.3) is 0 Å². The lowest BCUT2D eigenvalue weighted by molar-refractivity contribution is -0.386. The van der Waals surface area contributed by atoms with E-state index in [9.17, 15) is 10.1 Å². The van der Waals surface area contributed by atoms with Crippen molar-refractivity contribution in [2.75, 3.05) is 6.54 Å². The molecule has 5 heteroatoms. The van der Waals surface area contributed by atoms with Gasteiger partial charge >= 0.3 is 5.69 Å². The van der Waals surface area contributed by atoms with Crippen LogP contribution in [0.3, 0.4) is 0 Å². The zero-order valence-corrected chi connectivity index (χ0v) is 11.8. The molecule has 0 saturated carbocycles. The van der Waals surface area contributed by atoms with Gasteiger partial charge in [-0.2, -0.15) is 0 Å². The van der Waals surface area contributed by atoms with Gasteiger partial charge in [-0.3, -0.25) is 10.1 Å². The highest BCUT2D eigenvalue weighted by atomic mass is 16.6. The van der Waals surface area contributed by atoms with Gasteiger partial charge in [0.2, 0.25) is 0 Å². The quantitative estimate of drug-likeness (QED) is 0.579. The number of hydrogen-bond donors (Lipinski definition) is 1. The van der Waals surface area contributed by atoms with E-state index < -0.39 is 0 Å². The molecule has 0 fully saturated rings.